The molecule has 2 rings (SSSR count). The van der Waals surface area contributed by atoms with E-state index in [2.05, 4.69) is 0 Å². The lowest BCUT2D eigenvalue weighted by Crippen LogP contribution is -2.12. The van der Waals surface area contributed by atoms with E-state index in [4.69, 9.17) is 0 Å². The van der Waals surface area contributed by atoms with Gasteiger partial charge in [-0.1, -0.05) is 37.1 Å². The zero-order chi connectivity index (χ0) is 29.9. The Kier molecular flexibility index (Phi) is 9.85. The third-order valence-corrected chi connectivity index (χ3v) is 6.65. The Morgan fingerprint density at radius 3 is 1.18 bits per heavy atom. The van der Waals surface area contributed by atoms with Crippen molar-refractivity contribution in [3.8, 4) is 34.5 Å². The van der Waals surface area contributed by atoms with Gasteiger partial charge in [0.05, 0.1) is 0 Å². The highest BCUT2D eigenvalue weighted by Crippen LogP contribution is 2.55. The molecule has 0 aromatic heterocycles. The highest BCUT2D eigenvalue weighted by molar-refractivity contribution is 6.02. The van der Waals surface area contributed by atoms with Crippen LogP contribution in [0.15, 0.2) is 23.3 Å². The van der Waals surface area contributed by atoms with Gasteiger partial charge in [0.2, 0.25) is 0 Å². The monoisotopic (exact) mass is 540 g/mol. The van der Waals surface area contributed by atoms with Gasteiger partial charge in [0, 0.05) is 28.2 Å². The van der Waals surface area contributed by atoms with Crippen LogP contribution >= 0.6 is 0 Å². The minimum absolute atomic E-state index is 0.00253. The van der Waals surface area contributed by atoms with Crippen molar-refractivity contribution in [2.24, 2.45) is 5.92 Å². The number of rotatable bonds is 10. The van der Waals surface area contributed by atoms with Crippen LogP contribution in [-0.2, 0) is 12.8 Å². The van der Waals surface area contributed by atoms with E-state index in [9.17, 15) is 40.2 Å². The summed E-state index contributed by atoms with van der Waals surface area (Å²) >= 11 is 0. The van der Waals surface area contributed by atoms with Gasteiger partial charge in [0.15, 0.2) is 11.6 Å². The number of aromatic hydroxyl groups is 6. The van der Waals surface area contributed by atoms with Crippen molar-refractivity contribution < 1.29 is 40.2 Å². The molecule has 0 radical (unpaired) electrons. The number of carbonyl (C=O) groups is 2. The molecule has 0 saturated heterocycles. The van der Waals surface area contributed by atoms with E-state index in [-0.39, 0.29) is 47.4 Å². The minimum Gasteiger partial charge on any atom is -0.507 e. The van der Waals surface area contributed by atoms with Gasteiger partial charge in [-0.3, -0.25) is 9.59 Å². The number of benzene rings is 2. The highest BCUT2D eigenvalue weighted by Gasteiger charge is 2.36. The van der Waals surface area contributed by atoms with E-state index < -0.39 is 63.1 Å². The van der Waals surface area contributed by atoms with Crippen LogP contribution < -0.4 is 0 Å². The molecule has 2 aromatic carbocycles. The van der Waals surface area contributed by atoms with Crippen molar-refractivity contribution in [1.82, 2.24) is 0 Å². The number of allylic oxidation sites excluding steroid dienone is 4. The average molecular weight is 541 g/mol. The second-order valence-corrected chi connectivity index (χ2v) is 10.9. The number of carbonyl (C=O) groups excluding carboxylic acids is 2. The predicted octanol–water partition coefficient (Wildman–Crippen LogP) is 6.52. The summed E-state index contributed by atoms with van der Waals surface area (Å²) in [7, 11) is 0. The molecule has 0 unspecified atom stereocenters. The zero-order valence-electron chi connectivity index (χ0n) is 23.9. The summed E-state index contributed by atoms with van der Waals surface area (Å²) in [6.45, 7) is 13.3. The lowest BCUT2D eigenvalue weighted by atomic mass is 9.78. The number of hydrogen-bond acceptors (Lipinski definition) is 8. The van der Waals surface area contributed by atoms with Gasteiger partial charge in [-0.05, 0) is 66.7 Å². The standard InChI is InChI=1S/C31H40O8/c1-14(2)9-11-19-26(34)22(17(7)32)30(38)24(28(19)36)21(13-16(5)6)25-29(37)20(12-10-15(3)4)27(35)23(18(8)33)31(25)39/h9-10,16,21,34-39H,11-13H2,1-8H3. The topological polar surface area (TPSA) is 156 Å². The largest absolute Gasteiger partial charge is 0.507 e. The molecule has 0 spiro atoms. The van der Waals surface area contributed by atoms with Gasteiger partial charge >= 0.3 is 0 Å². The van der Waals surface area contributed by atoms with Crippen LogP contribution in [0.5, 0.6) is 34.5 Å². The molecule has 0 aliphatic rings. The van der Waals surface area contributed by atoms with Crippen LogP contribution in [0.25, 0.3) is 0 Å². The molecule has 0 bridgehead atoms. The Balaban J connectivity index is 3.16. The van der Waals surface area contributed by atoms with E-state index in [1.807, 2.05) is 41.5 Å². The SMILES string of the molecule is CC(=O)c1c(O)c(CC=C(C)C)c(O)c(C(CC(C)C)c2c(O)c(CC=C(C)C)c(O)c(C(C)=O)c2O)c1O. The first-order valence-electron chi connectivity index (χ1n) is 12.9. The first kappa shape index (κ1) is 31.3. The second kappa shape index (κ2) is 12.3. The summed E-state index contributed by atoms with van der Waals surface area (Å²) in [5, 5.41) is 67.2. The minimum atomic E-state index is -1.13. The Labute approximate surface area is 229 Å². The van der Waals surface area contributed by atoms with Crippen molar-refractivity contribution in [3.63, 3.8) is 0 Å². The molecule has 0 aliphatic heterocycles. The molecule has 0 heterocycles. The van der Waals surface area contributed by atoms with Crippen LogP contribution in [0, 0.1) is 5.92 Å². The van der Waals surface area contributed by atoms with Crippen LogP contribution in [0.4, 0.5) is 0 Å². The van der Waals surface area contributed by atoms with Crippen LogP contribution in [-0.4, -0.2) is 42.2 Å². The fourth-order valence-corrected chi connectivity index (χ4v) is 4.75. The molecule has 8 nitrogen and oxygen atoms in total. The quantitative estimate of drug-likeness (QED) is 0.147. The van der Waals surface area contributed by atoms with Crippen molar-refractivity contribution in [2.75, 3.05) is 0 Å². The Hall–Kier alpha value is -3.94. The maximum atomic E-state index is 12.5. The summed E-state index contributed by atoms with van der Waals surface area (Å²) in [6.07, 6.45) is 3.70. The molecule has 0 fully saturated rings. The second-order valence-electron chi connectivity index (χ2n) is 10.9. The van der Waals surface area contributed by atoms with Crippen molar-refractivity contribution in [2.45, 2.75) is 80.6 Å². The van der Waals surface area contributed by atoms with Crippen molar-refractivity contribution in [3.05, 3.63) is 56.7 Å². The smallest absolute Gasteiger partial charge is 0.167 e. The zero-order valence-corrected chi connectivity index (χ0v) is 23.9. The van der Waals surface area contributed by atoms with Gasteiger partial charge in [-0.25, -0.2) is 0 Å². The summed E-state index contributed by atoms with van der Waals surface area (Å²) in [6, 6.07) is 0. The van der Waals surface area contributed by atoms with Gasteiger partial charge in [-0.2, -0.15) is 0 Å². The average Bonchev–Trinajstić information content (AvgIpc) is 2.77. The maximum absolute atomic E-state index is 12.5. The summed E-state index contributed by atoms with van der Waals surface area (Å²) in [5.74, 6) is -6.05. The molecule has 6 N–H and O–H groups in total. The Morgan fingerprint density at radius 1 is 0.590 bits per heavy atom. The van der Waals surface area contributed by atoms with E-state index in [0.29, 0.717) is 0 Å². The van der Waals surface area contributed by atoms with E-state index in [0.717, 1.165) is 11.1 Å². The molecule has 212 valence electrons. The molecule has 8 heteroatoms. The molecule has 2 aromatic rings. The fraction of sp³-hybridized carbons (Fsp3) is 0.419. The molecule has 0 atom stereocenters. The first-order valence-corrected chi connectivity index (χ1v) is 12.9. The normalized spacial score (nSPS) is 11.1. The predicted molar refractivity (Wildman–Crippen MR) is 150 cm³/mol. The lowest BCUT2D eigenvalue weighted by Gasteiger charge is -2.28. The summed E-state index contributed by atoms with van der Waals surface area (Å²) < 4.78 is 0. The molecule has 39 heavy (non-hydrogen) atoms. The highest BCUT2D eigenvalue weighted by atomic mass is 16.3. The third-order valence-electron chi connectivity index (χ3n) is 6.65. The van der Waals surface area contributed by atoms with Gasteiger partial charge < -0.3 is 30.6 Å². The molecule has 0 amide bonds. The molecule has 0 aliphatic carbocycles. The fourth-order valence-electron chi connectivity index (χ4n) is 4.75. The number of ketones is 2. The van der Waals surface area contributed by atoms with E-state index >= 15 is 0 Å². The Bertz CT molecular complexity index is 1250. The van der Waals surface area contributed by atoms with Crippen molar-refractivity contribution >= 4 is 11.6 Å². The van der Waals surface area contributed by atoms with Crippen LogP contribution in [0.2, 0.25) is 0 Å². The van der Waals surface area contributed by atoms with E-state index in [1.54, 1.807) is 12.2 Å². The summed E-state index contributed by atoms with van der Waals surface area (Å²) in [5.41, 5.74) is 0.608. The number of phenols is 6. The van der Waals surface area contributed by atoms with Crippen LogP contribution in [0.3, 0.4) is 0 Å². The van der Waals surface area contributed by atoms with E-state index in [1.165, 1.54) is 13.8 Å². The maximum Gasteiger partial charge on any atom is 0.167 e. The number of hydrogen-bond donors (Lipinski definition) is 6. The third kappa shape index (κ3) is 6.38. The van der Waals surface area contributed by atoms with Gasteiger partial charge in [0.1, 0.15) is 45.6 Å². The first-order chi connectivity index (χ1) is 18.0. The number of Topliss-reactive ketones (excluding diaryl/α,β-unsaturated/α-hetero) is 2. The van der Waals surface area contributed by atoms with Gasteiger partial charge in [0.25, 0.3) is 0 Å². The number of phenolic OH excluding ortho intramolecular Hbond substituents is 6. The van der Waals surface area contributed by atoms with Crippen LogP contribution in [0.1, 0.15) is 111 Å². The Morgan fingerprint density at radius 2 is 0.923 bits per heavy atom. The molecule has 0 saturated carbocycles. The summed E-state index contributed by atoms with van der Waals surface area (Å²) in [4.78, 5) is 25.1. The lowest BCUT2D eigenvalue weighted by molar-refractivity contribution is 0.0998. The van der Waals surface area contributed by atoms with Crippen molar-refractivity contribution in [1.29, 1.82) is 0 Å². The molecular weight excluding hydrogens is 500 g/mol. The van der Waals surface area contributed by atoms with Gasteiger partial charge in [-0.15, -0.1) is 0 Å². The molecular formula is C31H40O8.